The maximum absolute atomic E-state index is 12.7. The number of non-ortho nitro benzene ring substituents is 1. The van der Waals surface area contributed by atoms with Crippen LogP contribution in [0.25, 0.3) is 0 Å². The zero-order chi connectivity index (χ0) is 21.1. The van der Waals surface area contributed by atoms with Crippen LogP contribution in [0.1, 0.15) is 32.3 Å². The number of nitro benzene ring substituents is 1. The molecule has 0 saturated heterocycles. The number of hydrogen-bond acceptors (Lipinski definition) is 5. The van der Waals surface area contributed by atoms with E-state index < -0.39 is 26.9 Å². The summed E-state index contributed by atoms with van der Waals surface area (Å²) < 4.78 is 25.5. The Bertz CT molecular complexity index is 971. The van der Waals surface area contributed by atoms with Crippen molar-refractivity contribution in [1.82, 2.24) is 0 Å². The van der Waals surface area contributed by atoms with Gasteiger partial charge < -0.3 is 5.32 Å². The number of anilines is 2. The SMILES string of the molecule is CC(C)c1ccc(NC(=O)[C@@H](C)N(c2cccc([N+](=O)[O-])c2)S(C)(=O)=O)cc1. The Morgan fingerprint density at radius 2 is 1.71 bits per heavy atom. The van der Waals surface area contributed by atoms with E-state index in [4.69, 9.17) is 0 Å². The Balaban J connectivity index is 2.30. The smallest absolute Gasteiger partial charge is 0.271 e. The maximum atomic E-state index is 12.7. The highest BCUT2D eigenvalue weighted by molar-refractivity contribution is 7.92. The number of sulfonamides is 1. The van der Waals surface area contributed by atoms with Gasteiger partial charge in [0.2, 0.25) is 15.9 Å². The summed E-state index contributed by atoms with van der Waals surface area (Å²) in [6.45, 7) is 5.54. The van der Waals surface area contributed by atoms with Gasteiger partial charge in [-0.25, -0.2) is 8.42 Å². The van der Waals surface area contributed by atoms with Gasteiger partial charge in [0.1, 0.15) is 6.04 Å². The average molecular weight is 405 g/mol. The molecule has 1 N–H and O–H groups in total. The van der Waals surface area contributed by atoms with Gasteiger partial charge in [0.15, 0.2) is 0 Å². The first kappa shape index (κ1) is 21.4. The number of carbonyl (C=O) groups is 1. The molecule has 2 aromatic carbocycles. The van der Waals surface area contributed by atoms with Crippen molar-refractivity contribution < 1.29 is 18.1 Å². The van der Waals surface area contributed by atoms with Gasteiger partial charge in [-0.3, -0.25) is 19.2 Å². The minimum atomic E-state index is -3.87. The number of nitro groups is 1. The van der Waals surface area contributed by atoms with Gasteiger partial charge in [0, 0.05) is 17.8 Å². The molecule has 150 valence electrons. The number of carbonyl (C=O) groups excluding carboxylic acids is 1. The fraction of sp³-hybridized carbons (Fsp3) is 0.316. The van der Waals surface area contributed by atoms with Crippen molar-refractivity contribution in [2.24, 2.45) is 0 Å². The standard InChI is InChI=1S/C19H23N3O5S/c1-13(2)15-8-10-16(11-9-15)20-19(23)14(3)21(28(4,26)27)17-6-5-7-18(12-17)22(24)25/h5-14H,1-4H3,(H,20,23)/t14-/m1/s1. The summed E-state index contributed by atoms with van der Waals surface area (Å²) in [7, 11) is -3.87. The first-order valence-electron chi connectivity index (χ1n) is 8.65. The van der Waals surface area contributed by atoms with Gasteiger partial charge in [0.05, 0.1) is 16.9 Å². The largest absolute Gasteiger partial charge is 0.324 e. The minimum Gasteiger partial charge on any atom is -0.324 e. The van der Waals surface area contributed by atoms with Crippen molar-refractivity contribution in [3.8, 4) is 0 Å². The summed E-state index contributed by atoms with van der Waals surface area (Å²) in [4.78, 5) is 23.0. The molecule has 0 aliphatic heterocycles. The molecule has 2 aromatic rings. The van der Waals surface area contributed by atoms with E-state index in [2.05, 4.69) is 19.2 Å². The van der Waals surface area contributed by atoms with E-state index in [1.165, 1.54) is 25.1 Å². The van der Waals surface area contributed by atoms with Gasteiger partial charge in [-0.15, -0.1) is 0 Å². The van der Waals surface area contributed by atoms with Crippen LogP contribution in [0.3, 0.4) is 0 Å². The molecule has 1 atom stereocenters. The summed E-state index contributed by atoms with van der Waals surface area (Å²) in [6, 6.07) is 11.3. The summed E-state index contributed by atoms with van der Waals surface area (Å²) in [5.41, 5.74) is 1.44. The molecular weight excluding hydrogens is 382 g/mol. The minimum absolute atomic E-state index is 0.0505. The second-order valence-electron chi connectivity index (χ2n) is 6.78. The van der Waals surface area contributed by atoms with Gasteiger partial charge in [-0.2, -0.15) is 0 Å². The van der Waals surface area contributed by atoms with Crippen LogP contribution in [0.2, 0.25) is 0 Å². The molecular formula is C19H23N3O5S. The van der Waals surface area contributed by atoms with Crippen LogP contribution in [0.4, 0.5) is 17.1 Å². The lowest BCUT2D eigenvalue weighted by atomic mass is 10.0. The third kappa shape index (κ3) is 5.07. The molecule has 0 saturated carbocycles. The molecule has 0 aliphatic carbocycles. The third-order valence-corrected chi connectivity index (χ3v) is 5.47. The first-order chi connectivity index (χ1) is 13.0. The van der Waals surface area contributed by atoms with Gasteiger partial charge in [0.25, 0.3) is 5.69 Å². The quantitative estimate of drug-likeness (QED) is 0.560. The monoisotopic (exact) mass is 405 g/mol. The summed E-state index contributed by atoms with van der Waals surface area (Å²) >= 11 is 0. The number of nitrogens with zero attached hydrogens (tertiary/aromatic N) is 2. The Morgan fingerprint density at radius 1 is 1.11 bits per heavy atom. The lowest BCUT2D eigenvalue weighted by Crippen LogP contribution is -2.45. The molecule has 0 bridgehead atoms. The van der Waals surface area contributed by atoms with Crippen LogP contribution in [0, 0.1) is 10.1 Å². The van der Waals surface area contributed by atoms with Crippen LogP contribution in [-0.2, 0) is 14.8 Å². The fourth-order valence-corrected chi connectivity index (χ4v) is 3.92. The number of hydrogen-bond donors (Lipinski definition) is 1. The number of amides is 1. The Morgan fingerprint density at radius 3 is 2.21 bits per heavy atom. The second kappa shape index (κ2) is 8.39. The molecule has 9 heteroatoms. The third-order valence-electron chi connectivity index (χ3n) is 4.23. The van der Waals surface area contributed by atoms with Gasteiger partial charge >= 0.3 is 0 Å². The van der Waals surface area contributed by atoms with E-state index >= 15 is 0 Å². The fourth-order valence-electron chi connectivity index (χ4n) is 2.75. The molecule has 0 radical (unpaired) electrons. The lowest BCUT2D eigenvalue weighted by molar-refractivity contribution is -0.384. The van der Waals surface area contributed by atoms with Crippen molar-refractivity contribution in [3.05, 3.63) is 64.2 Å². The zero-order valence-electron chi connectivity index (χ0n) is 16.1. The number of rotatable bonds is 7. The van der Waals surface area contributed by atoms with Crippen LogP contribution >= 0.6 is 0 Å². The normalized spacial score (nSPS) is 12.5. The van der Waals surface area contributed by atoms with Crippen molar-refractivity contribution in [2.75, 3.05) is 15.9 Å². The predicted octanol–water partition coefficient (Wildman–Crippen LogP) is 3.51. The van der Waals surface area contributed by atoms with E-state index in [1.54, 1.807) is 12.1 Å². The van der Waals surface area contributed by atoms with Crippen LogP contribution in [0.15, 0.2) is 48.5 Å². The molecule has 0 spiro atoms. The van der Waals surface area contributed by atoms with E-state index in [0.29, 0.717) is 11.6 Å². The predicted molar refractivity (Wildman–Crippen MR) is 109 cm³/mol. The lowest BCUT2D eigenvalue weighted by Gasteiger charge is -2.28. The molecule has 28 heavy (non-hydrogen) atoms. The molecule has 0 fully saturated rings. The Labute approximate surface area is 164 Å². The molecule has 0 unspecified atom stereocenters. The van der Waals surface area contributed by atoms with E-state index in [0.717, 1.165) is 22.2 Å². The summed E-state index contributed by atoms with van der Waals surface area (Å²) in [5, 5.41) is 13.7. The van der Waals surface area contributed by atoms with Crippen molar-refractivity contribution in [3.63, 3.8) is 0 Å². The highest BCUT2D eigenvalue weighted by Crippen LogP contribution is 2.26. The highest BCUT2D eigenvalue weighted by atomic mass is 32.2. The first-order valence-corrected chi connectivity index (χ1v) is 10.5. The molecule has 0 heterocycles. The Kier molecular flexibility index (Phi) is 6.40. The van der Waals surface area contributed by atoms with Crippen LogP contribution in [-0.4, -0.2) is 31.5 Å². The summed E-state index contributed by atoms with van der Waals surface area (Å²) in [6.07, 6.45) is 0.951. The number of benzene rings is 2. The molecule has 1 amide bonds. The average Bonchev–Trinajstić information content (AvgIpc) is 2.61. The number of nitrogens with one attached hydrogen (secondary N) is 1. The molecule has 0 aliphatic rings. The molecule has 8 nitrogen and oxygen atoms in total. The van der Waals surface area contributed by atoms with E-state index in [1.807, 2.05) is 12.1 Å². The van der Waals surface area contributed by atoms with Crippen molar-refractivity contribution in [2.45, 2.75) is 32.7 Å². The summed E-state index contributed by atoms with van der Waals surface area (Å²) in [5.74, 6) is -0.201. The maximum Gasteiger partial charge on any atom is 0.271 e. The van der Waals surface area contributed by atoms with Crippen molar-refractivity contribution in [1.29, 1.82) is 0 Å². The highest BCUT2D eigenvalue weighted by Gasteiger charge is 2.30. The Hall–Kier alpha value is -2.94. The van der Waals surface area contributed by atoms with Crippen LogP contribution in [0.5, 0.6) is 0 Å². The van der Waals surface area contributed by atoms with E-state index in [-0.39, 0.29) is 11.4 Å². The second-order valence-corrected chi connectivity index (χ2v) is 8.64. The molecule has 2 rings (SSSR count). The van der Waals surface area contributed by atoms with Crippen LogP contribution < -0.4 is 9.62 Å². The van der Waals surface area contributed by atoms with Crippen molar-refractivity contribution >= 4 is 33.0 Å². The molecule has 0 aromatic heterocycles. The van der Waals surface area contributed by atoms with E-state index in [9.17, 15) is 23.3 Å². The zero-order valence-corrected chi connectivity index (χ0v) is 16.9. The van der Waals surface area contributed by atoms with Gasteiger partial charge in [-0.1, -0.05) is 32.0 Å². The topological polar surface area (TPSA) is 110 Å². The van der Waals surface area contributed by atoms with Gasteiger partial charge in [-0.05, 0) is 36.6 Å².